The molecule has 0 aliphatic carbocycles. The summed E-state index contributed by atoms with van der Waals surface area (Å²) in [5.74, 6) is -3.61. The fourth-order valence-corrected chi connectivity index (χ4v) is 10.6. The Morgan fingerprint density at radius 2 is 1.19 bits per heavy atom. The van der Waals surface area contributed by atoms with Crippen molar-refractivity contribution in [2.24, 2.45) is 20.5 Å². The van der Waals surface area contributed by atoms with E-state index in [1.165, 1.54) is 36.4 Å². The van der Waals surface area contributed by atoms with Crippen molar-refractivity contribution in [2.75, 3.05) is 62.3 Å². The molecule has 1 aromatic heterocycles. The van der Waals surface area contributed by atoms with E-state index < -0.39 is 106 Å². The minimum absolute atomic E-state index is 0.0247. The number of nitrogens with two attached hydrogens (primary N) is 1. The van der Waals surface area contributed by atoms with E-state index in [1.54, 1.807) is 0 Å². The number of nitrogen functional groups attached to an aromatic ring is 1. The molecule has 5 aromatic rings. The monoisotopic (exact) mass is 1180 g/mol. The number of carbonyl (C=O) groups is 1. The maximum absolute atomic E-state index is 12.5. The molecule has 0 aliphatic heterocycles. The zero-order valence-electron chi connectivity index (χ0n) is 38.1. The zero-order chi connectivity index (χ0) is 55.5. The van der Waals surface area contributed by atoms with Gasteiger partial charge in [-0.05, 0) is 72.9 Å². The summed E-state index contributed by atoms with van der Waals surface area (Å²) in [6, 6.07) is 12.3. The molecule has 404 valence electrons. The Bertz CT molecular complexity index is 3650. The van der Waals surface area contributed by atoms with Crippen LogP contribution in [0.5, 0.6) is 0 Å². The highest BCUT2D eigenvalue weighted by atomic mass is 32.2. The van der Waals surface area contributed by atoms with E-state index in [1.807, 2.05) is 0 Å². The Morgan fingerprint density at radius 1 is 0.640 bits per heavy atom. The molecule has 0 saturated carbocycles. The fourth-order valence-electron chi connectivity index (χ4n) is 5.83. The summed E-state index contributed by atoms with van der Waals surface area (Å²) >= 11 is 1.98. The predicted octanol–water partition coefficient (Wildman–Crippen LogP) is 6.17. The van der Waals surface area contributed by atoms with Crippen molar-refractivity contribution in [3.8, 4) is 0 Å². The van der Waals surface area contributed by atoms with Gasteiger partial charge in [-0.1, -0.05) is 6.07 Å². The van der Waals surface area contributed by atoms with Gasteiger partial charge in [0.15, 0.2) is 0 Å². The number of nitro groups is 1. The molecule has 0 saturated heterocycles. The minimum atomic E-state index is -5.12. The summed E-state index contributed by atoms with van der Waals surface area (Å²) < 4.78 is 164. The summed E-state index contributed by atoms with van der Waals surface area (Å²) in [5.41, 5.74) is 4.71. The van der Waals surface area contributed by atoms with Gasteiger partial charge < -0.3 is 27.0 Å². The maximum Gasteiger partial charge on any atom is 0.297 e. The van der Waals surface area contributed by atoms with E-state index in [-0.39, 0.29) is 86.9 Å². The molecule has 75 heavy (non-hydrogen) atoms. The number of anilines is 7. The van der Waals surface area contributed by atoms with Gasteiger partial charge in [-0.15, -0.1) is 44.0 Å². The average molecular weight is 1180 g/mol. The number of nitrogens with one attached hydrogen (secondary N) is 4. The van der Waals surface area contributed by atoms with Crippen LogP contribution in [0.3, 0.4) is 0 Å². The number of azo groups is 2. The van der Waals surface area contributed by atoms with Crippen molar-refractivity contribution in [3.05, 3.63) is 76.8 Å². The second-order valence-corrected chi connectivity index (χ2v) is 24.8. The molecule has 0 radical (unpaired) electrons. The van der Waals surface area contributed by atoms with Crippen LogP contribution in [0.1, 0.15) is 19.8 Å². The SMILES string of the molecule is CC(=O)Nc1cc(N=Nc2cc(SCCCS(=O)(=O)O)c(N)cc2Nc2nc(NCCS(=O)(=O)O)nc(Nc3cccc(S(=O)(=O)O)c3)n2)c(SCCCS(=O)(=O)O)cc1N=Nc1ccc([N+](=O)[O-])cc1S(=O)(=O)O. The Balaban J connectivity index is 1.67. The second-order valence-electron chi connectivity index (χ2n) is 15.0. The number of aromatic nitrogens is 3. The first-order chi connectivity index (χ1) is 34.8. The molecule has 11 N–H and O–H groups in total. The first-order valence-corrected chi connectivity index (χ1v) is 30.2. The summed E-state index contributed by atoms with van der Waals surface area (Å²) in [5, 5.41) is 38.8. The topological polar surface area (TPSA) is 494 Å². The van der Waals surface area contributed by atoms with Gasteiger partial charge in [-0.3, -0.25) is 37.7 Å². The molecule has 31 nitrogen and oxygen atoms in total. The van der Waals surface area contributed by atoms with Crippen LogP contribution in [-0.4, -0.2) is 126 Å². The van der Waals surface area contributed by atoms with E-state index in [4.69, 9.17) is 5.73 Å². The fraction of sp³-hybridized carbons (Fsp3) is 0.243. The van der Waals surface area contributed by atoms with Crippen molar-refractivity contribution in [1.82, 2.24) is 15.0 Å². The van der Waals surface area contributed by atoms with Gasteiger partial charge in [0, 0.05) is 46.8 Å². The van der Waals surface area contributed by atoms with Crippen LogP contribution >= 0.6 is 23.5 Å². The Hall–Kier alpha value is -6.59. The van der Waals surface area contributed by atoms with Crippen LogP contribution in [0.2, 0.25) is 0 Å². The Morgan fingerprint density at radius 3 is 1.76 bits per heavy atom. The highest BCUT2D eigenvalue weighted by Crippen LogP contribution is 2.43. The Labute approximate surface area is 435 Å². The lowest BCUT2D eigenvalue weighted by molar-refractivity contribution is -0.385. The number of amides is 1. The van der Waals surface area contributed by atoms with Crippen LogP contribution in [0.25, 0.3) is 0 Å². The molecule has 5 rings (SSSR count). The molecule has 0 aliphatic rings. The van der Waals surface area contributed by atoms with Crippen LogP contribution in [0, 0.1) is 10.1 Å². The molecule has 1 heterocycles. The number of carbonyl (C=O) groups excluding carboxylic acids is 1. The predicted molar refractivity (Wildman–Crippen MR) is 274 cm³/mol. The van der Waals surface area contributed by atoms with Crippen LogP contribution in [0.4, 0.5) is 69.0 Å². The first-order valence-electron chi connectivity index (χ1n) is 20.5. The van der Waals surface area contributed by atoms with Crippen molar-refractivity contribution in [3.63, 3.8) is 0 Å². The first kappa shape index (κ1) is 59.3. The molecule has 0 atom stereocenters. The number of non-ortho nitro benzene ring substituents is 1. The lowest BCUT2D eigenvalue weighted by atomic mass is 10.2. The quantitative estimate of drug-likeness (QED) is 0.00562. The normalized spacial score (nSPS) is 12.5. The molecule has 0 spiro atoms. The molecule has 0 bridgehead atoms. The minimum Gasteiger partial charge on any atom is -0.398 e. The van der Waals surface area contributed by atoms with Gasteiger partial charge >= 0.3 is 0 Å². The molecule has 1 amide bonds. The average Bonchev–Trinajstić information content (AvgIpc) is 3.27. The van der Waals surface area contributed by atoms with Crippen molar-refractivity contribution in [2.45, 2.75) is 39.3 Å². The van der Waals surface area contributed by atoms with Gasteiger partial charge in [0.2, 0.25) is 23.8 Å². The number of rotatable bonds is 26. The summed E-state index contributed by atoms with van der Waals surface area (Å²) in [6.45, 7) is 0.678. The summed E-state index contributed by atoms with van der Waals surface area (Å²) in [6.07, 6.45) is -0.160. The third-order valence-corrected chi connectivity index (χ3v) is 15.4. The number of hydrogen-bond donors (Lipinski definition) is 10. The lowest BCUT2D eigenvalue weighted by Crippen LogP contribution is -2.17. The van der Waals surface area contributed by atoms with Crippen molar-refractivity contribution >= 4 is 149 Å². The van der Waals surface area contributed by atoms with E-state index in [0.717, 1.165) is 54.7 Å². The highest BCUT2D eigenvalue weighted by molar-refractivity contribution is 7.99. The lowest BCUT2D eigenvalue weighted by Gasteiger charge is -2.15. The number of nitro benzene ring substituents is 1. The smallest absolute Gasteiger partial charge is 0.297 e. The van der Waals surface area contributed by atoms with E-state index in [2.05, 4.69) is 56.7 Å². The van der Waals surface area contributed by atoms with Gasteiger partial charge in [-0.2, -0.15) is 57.0 Å². The number of nitrogens with zero attached hydrogens (tertiary/aromatic N) is 8. The second kappa shape index (κ2) is 24.8. The number of hydrogen-bond acceptors (Lipinski definition) is 26. The molecule has 0 unspecified atom stereocenters. The summed E-state index contributed by atoms with van der Waals surface area (Å²) in [7, 11) is -23.0. The van der Waals surface area contributed by atoms with E-state index >= 15 is 0 Å². The van der Waals surface area contributed by atoms with Crippen LogP contribution in [0.15, 0.2) is 107 Å². The molecule has 0 fully saturated rings. The highest BCUT2D eigenvalue weighted by Gasteiger charge is 2.22. The largest absolute Gasteiger partial charge is 0.398 e. The van der Waals surface area contributed by atoms with E-state index in [9.17, 15) is 79.8 Å². The third kappa shape index (κ3) is 19.6. The number of thioether (sulfide) groups is 2. The number of benzene rings is 4. The van der Waals surface area contributed by atoms with Gasteiger partial charge in [0.05, 0.1) is 38.5 Å². The molecular weight excluding hydrogens is 1140 g/mol. The van der Waals surface area contributed by atoms with Crippen LogP contribution < -0.4 is 27.0 Å². The van der Waals surface area contributed by atoms with Gasteiger partial charge in [0.25, 0.3) is 56.3 Å². The zero-order valence-corrected chi connectivity index (χ0v) is 43.8. The Kier molecular flexibility index (Phi) is 19.6. The van der Waals surface area contributed by atoms with Crippen molar-refractivity contribution in [1.29, 1.82) is 0 Å². The van der Waals surface area contributed by atoms with Gasteiger partial charge in [-0.25, -0.2) is 0 Å². The maximum atomic E-state index is 12.5. The standard InChI is InChI=1S/C37H41N13O18S7/c1-21(51)40-28-18-31(33(70-11-4-13-72(57,58)59)20-30(28)47-46-26-8-7-23(50(52)53)16-34(26)75(66,67)68)49-48-29-19-32(69-10-3-12-71(54,55)56)25(38)17-27(29)42-37-44-35(39-9-14-73(60,61)62)43-36(45-37)41-22-5-2-6-24(15-22)74(63,64)65/h2,5-8,15-20H,3-4,9-14,38H2,1H3,(H,40,51)(H,54,55,56)(H,57,58,59)(H,60,61,62)(H,63,64,65)(H,66,67,68)(H3,39,41,42,43,44,45). The van der Waals surface area contributed by atoms with Gasteiger partial charge in [0.1, 0.15) is 27.6 Å². The molecular formula is C37H41N13O18S7. The summed E-state index contributed by atoms with van der Waals surface area (Å²) in [4.78, 5) is 34.5. The third-order valence-electron chi connectivity index (χ3n) is 9.00. The van der Waals surface area contributed by atoms with Crippen molar-refractivity contribution < 1.29 is 74.6 Å². The van der Waals surface area contributed by atoms with E-state index in [0.29, 0.717) is 11.0 Å². The molecule has 4 aromatic carbocycles. The van der Waals surface area contributed by atoms with Crippen LogP contribution in [-0.2, 0) is 55.4 Å². The molecule has 38 heteroatoms.